The Labute approximate surface area is 137 Å². The number of carbonyl (C=O) groups excluding carboxylic acids is 1. The number of nitrogens with zero attached hydrogens (tertiary/aromatic N) is 2. The van der Waals surface area contributed by atoms with Crippen molar-refractivity contribution in [3.8, 4) is 6.07 Å². The highest BCUT2D eigenvalue weighted by molar-refractivity contribution is 8.00. The third-order valence-electron chi connectivity index (χ3n) is 3.62. The molecule has 0 saturated heterocycles. The topological polar surface area (TPSA) is 65.8 Å². The number of thioether (sulfide) groups is 1. The fourth-order valence-electron chi connectivity index (χ4n) is 2.53. The van der Waals surface area contributed by atoms with Crippen LogP contribution >= 0.6 is 11.8 Å². The lowest BCUT2D eigenvalue weighted by molar-refractivity contribution is -0.113. The maximum atomic E-state index is 13.5. The van der Waals surface area contributed by atoms with E-state index in [-0.39, 0.29) is 17.3 Å². The van der Waals surface area contributed by atoms with E-state index in [1.165, 1.54) is 23.9 Å². The first-order valence-corrected chi connectivity index (χ1v) is 8.26. The van der Waals surface area contributed by atoms with E-state index in [0.717, 1.165) is 30.5 Å². The van der Waals surface area contributed by atoms with Crippen LogP contribution in [0.15, 0.2) is 35.4 Å². The maximum absolute atomic E-state index is 13.5. The van der Waals surface area contributed by atoms with Gasteiger partial charge in [0.05, 0.1) is 17.0 Å². The third-order valence-corrected chi connectivity index (χ3v) is 4.62. The Kier molecular flexibility index (Phi) is 4.58. The van der Waals surface area contributed by atoms with Gasteiger partial charge in [-0.15, -0.1) is 0 Å². The Balaban J connectivity index is 1.68. The number of nitriles is 1. The van der Waals surface area contributed by atoms with Crippen molar-refractivity contribution in [1.29, 1.82) is 5.26 Å². The fourth-order valence-corrected chi connectivity index (χ4v) is 3.30. The standard InChI is InChI=1S/C17H14FN3OS/c18-13-5-1-2-6-15(13)20-16(22)10-23-17-12(9-19)8-11-4-3-7-14(11)21-17/h1-2,5-6,8H,3-4,7,10H2,(H,20,22). The molecule has 0 fully saturated rings. The molecule has 23 heavy (non-hydrogen) atoms. The molecule has 1 amide bonds. The average Bonchev–Trinajstić information content (AvgIpc) is 3.01. The number of amides is 1. The molecule has 4 nitrogen and oxygen atoms in total. The van der Waals surface area contributed by atoms with Gasteiger partial charge in [-0.2, -0.15) is 5.26 Å². The number of anilines is 1. The van der Waals surface area contributed by atoms with Crippen LogP contribution in [-0.4, -0.2) is 16.6 Å². The zero-order valence-electron chi connectivity index (χ0n) is 12.3. The fraction of sp³-hybridized carbons (Fsp3) is 0.235. The van der Waals surface area contributed by atoms with Crippen LogP contribution < -0.4 is 5.32 Å². The summed E-state index contributed by atoms with van der Waals surface area (Å²) in [6.45, 7) is 0. The number of aryl methyl sites for hydroxylation is 2. The number of benzene rings is 1. The summed E-state index contributed by atoms with van der Waals surface area (Å²) in [5, 5.41) is 12.3. The predicted molar refractivity (Wildman–Crippen MR) is 86.7 cm³/mol. The van der Waals surface area contributed by atoms with E-state index >= 15 is 0 Å². The summed E-state index contributed by atoms with van der Waals surface area (Å²) >= 11 is 1.20. The van der Waals surface area contributed by atoms with Crippen molar-refractivity contribution >= 4 is 23.4 Å². The number of carbonyl (C=O) groups is 1. The van der Waals surface area contributed by atoms with Crippen molar-refractivity contribution in [1.82, 2.24) is 4.98 Å². The van der Waals surface area contributed by atoms with Crippen LogP contribution in [0.1, 0.15) is 23.2 Å². The minimum Gasteiger partial charge on any atom is -0.323 e. The number of para-hydroxylation sites is 1. The van der Waals surface area contributed by atoms with Crippen molar-refractivity contribution in [3.05, 3.63) is 53.0 Å². The van der Waals surface area contributed by atoms with Gasteiger partial charge in [0, 0.05) is 5.69 Å². The molecule has 0 spiro atoms. The molecule has 1 N–H and O–H groups in total. The number of fused-ring (bicyclic) bond motifs is 1. The summed E-state index contributed by atoms with van der Waals surface area (Å²) in [6, 6.07) is 10.0. The smallest absolute Gasteiger partial charge is 0.234 e. The molecule has 0 saturated carbocycles. The lowest BCUT2D eigenvalue weighted by Gasteiger charge is -2.08. The lowest BCUT2D eigenvalue weighted by atomic mass is 10.2. The number of aromatic nitrogens is 1. The van der Waals surface area contributed by atoms with E-state index in [2.05, 4.69) is 16.4 Å². The summed E-state index contributed by atoms with van der Waals surface area (Å²) in [6.07, 6.45) is 2.92. The second kappa shape index (κ2) is 6.80. The van der Waals surface area contributed by atoms with Gasteiger partial charge in [0.25, 0.3) is 0 Å². The Bertz CT molecular complexity index is 801. The van der Waals surface area contributed by atoms with Crippen molar-refractivity contribution < 1.29 is 9.18 Å². The normalized spacial score (nSPS) is 12.5. The molecule has 0 radical (unpaired) electrons. The van der Waals surface area contributed by atoms with Gasteiger partial charge in [0.1, 0.15) is 16.9 Å². The van der Waals surface area contributed by atoms with Gasteiger partial charge < -0.3 is 5.32 Å². The van der Waals surface area contributed by atoms with E-state index in [0.29, 0.717) is 10.6 Å². The molecule has 0 bridgehead atoms. The highest BCUT2D eigenvalue weighted by Gasteiger charge is 2.17. The first kappa shape index (κ1) is 15.5. The van der Waals surface area contributed by atoms with E-state index in [4.69, 9.17) is 0 Å². The highest BCUT2D eigenvalue weighted by atomic mass is 32.2. The van der Waals surface area contributed by atoms with E-state index in [1.807, 2.05) is 6.07 Å². The lowest BCUT2D eigenvalue weighted by Crippen LogP contribution is -2.15. The summed E-state index contributed by atoms with van der Waals surface area (Å²) in [7, 11) is 0. The molecule has 1 heterocycles. The Morgan fingerprint density at radius 3 is 3.00 bits per heavy atom. The second-order valence-corrected chi connectivity index (χ2v) is 6.19. The monoisotopic (exact) mass is 327 g/mol. The highest BCUT2D eigenvalue weighted by Crippen LogP contribution is 2.28. The minimum atomic E-state index is -0.473. The summed E-state index contributed by atoms with van der Waals surface area (Å²) in [4.78, 5) is 16.5. The summed E-state index contributed by atoms with van der Waals surface area (Å²) in [5.41, 5.74) is 2.79. The van der Waals surface area contributed by atoms with Crippen molar-refractivity contribution in [3.63, 3.8) is 0 Å². The van der Waals surface area contributed by atoms with Crippen LogP contribution in [0.2, 0.25) is 0 Å². The van der Waals surface area contributed by atoms with Gasteiger partial charge in [-0.05, 0) is 43.0 Å². The number of hydrogen-bond acceptors (Lipinski definition) is 4. The average molecular weight is 327 g/mol. The Hall–Kier alpha value is -2.39. The zero-order valence-corrected chi connectivity index (χ0v) is 13.1. The van der Waals surface area contributed by atoms with Crippen LogP contribution in [-0.2, 0) is 17.6 Å². The van der Waals surface area contributed by atoms with Crippen molar-refractivity contribution in [2.75, 3.05) is 11.1 Å². The molecular weight excluding hydrogens is 313 g/mol. The molecule has 1 aliphatic rings. The maximum Gasteiger partial charge on any atom is 0.234 e. The Morgan fingerprint density at radius 2 is 2.22 bits per heavy atom. The first-order valence-electron chi connectivity index (χ1n) is 7.27. The Morgan fingerprint density at radius 1 is 1.39 bits per heavy atom. The van der Waals surface area contributed by atoms with Gasteiger partial charge >= 0.3 is 0 Å². The van der Waals surface area contributed by atoms with Gasteiger partial charge in [0.2, 0.25) is 5.91 Å². The summed E-state index contributed by atoms with van der Waals surface area (Å²) in [5.74, 6) is -0.722. The zero-order chi connectivity index (χ0) is 16.2. The van der Waals surface area contributed by atoms with E-state index < -0.39 is 5.82 Å². The van der Waals surface area contributed by atoms with Gasteiger partial charge in [0.15, 0.2) is 0 Å². The number of halogens is 1. The molecule has 1 aromatic carbocycles. The number of rotatable bonds is 4. The van der Waals surface area contributed by atoms with E-state index in [1.54, 1.807) is 12.1 Å². The molecule has 1 aromatic heterocycles. The SMILES string of the molecule is N#Cc1cc2c(nc1SCC(=O)Nc1ccccc1F)CCC2. The minimum absolute atomic E-state index is 0.0782. The molecular formula is C17H14FN3OS. The molecule has 0 unspecified atom stereocenters. The van der Waals surface area contributed by atoms with Crippen LogP contribution in [0.3, 0.4) is 0 Å². The number of nitrogens with one attached hydrogen (secondary N) is 1. The van der Waals surface area contributed by atoms with Crippen LogP contribution in [0.25, 0.3) is 0 Å². The molecule has 6 heteroatoms. The predicted octanol–water partition coefficient (Wildman–Crippen LogP) is 3.31. The van der Waals surface area contributed by atoms with Crippen molar-refractivity contribution in [2.45, 2.75) is 24.3 Å². The van der Waals surface area contributed by atoms with Gasteiger partial charge in [-0.3, -0.25) is 4.79 Å². The molecule has 1 aliphatic carbocycles. The molecule has 0 aliphatic heterocycles. The van der Waals surface area contributed by atoms with Crippen LogP contribution in [0, 0.1) is 17.1 Å². The number of hydrogen-bond donors (Lipinski definition) is 1. The van der Waals surface area contributed by atoms with E-state index in [9.17, 15) is 14.4 Å². The molecule has 116 valence electrons. The van der Waals surface area contributed by atoms with Crippen molar-refractivity contribution in [2.24, 2.45) is 0 Å². The van der Waals surface area contributed by atoms with Gasteiger partial charge in [-0.1, -0.05) is 23.9 Å². The largest absolute Gasteiger partial charge is 0.323 e. The van der Waals surface area contributed by atoms with Crippen LogP contribution in [0.5, 0.6) is 0 Å². The summed E-state index contributed by atoms with van der Waals surface area (Å²) < 4.78 is 13.5. The first-order chi connectivity index (χ1) is 11.2. The molecule has 0 atom stereocenters. The third kappa shape index (κ3) is 3.51. The molecule has 2 aromatic rings. The quantitative estimate of drug-likeness (QED) is 0.875. The van der Waals surface area contributed by atoms with Gasteiger partial charge in [-0.25, -0.2) is 9.37 Å². The number of pyridine rings is 1. The molecule has 3 rings (SSSR count). The second-order valence-electron chi connectivity index (χ2n) is 5.23. The van der Waals surface area contributed by atoms with Crippen LogP contribution in [0.4, 0.5) is 10.1 Å².